The summed E-state index contributed by atoms with van der Waals surface area (Å²) >= 11 is 0. The van der Waals surface area contributed by atoms with Crippen molar-refractivity contribution in [1.82, 2.24) is 9.55 Å². The predicted molar refractivity (Wildman–Crippen MR) is 54.8 cm³/mol. The van der Waals surface area contributed by atoms with Crippen LogP contribution in [0.25, 0.3) is 0 Å². The van der Waals surface area contributed by atoms with Gasteiger partial charge < -0.3 is 5.11 Å². The van der Waals surface area contributed by atoms with Gasteiger partial charge in [0.2, 0.25) is 0 Å². The molecule has 6 heteroatoms. The summed E-state index contributed by atoms with van der Waals surface area (Å²) in [6, 6.07) is 1.70. The molecule has 1 saturated carbocycles. The van der Waals surface area contributed by atoms with Crippen molar-refractivity contribution in [1.29, 1.82) is 5.26 Å². The molecule has 1 aliphatic carbocycles. The number of nitriles is 1. The highest BCUT2D eigenvalue weighted by Gasteiger charge is 2.35. The Bertz CT molecular complexity index is 560. The first-order chi connectivity index (χ1) is 7.54. The Labute approximate surface area is 90.8 Å². The van der Waals surface area contributed by atoms with Gasteiger partial charge in [-0.15, -0.1) is 0 Å². The number of nitrogens with zero attached hydrogens (tertiary/aromatic N) is 2. The molecule has 0 aliphatic heterocycles. The van der Waals surface area contributed by atoms with Gasteiger partial charge in [0.15, 0.2) is 0 Å². The van der Waals surface area contributed by atoms with Crippen molar-refractivity contribution in [2.24, 2.45) is 0 Å². The molecule has 0 unspecified atom stereocenters. The molecule has 0 bridgehead atoms. The van der Waals surface area contributed by atoms with Crippen LogP contribution >= 0.6 is 0 Å². The van der Waals surface area contributed by atoms with E-state index in [1.54, 1.807) is 6.07 Å². The molecular formula is C10H11N3O3. The molecule has 1 aromatic heterocycles. The van der Waals surface area contributed by atoms with E-state index in [0.29, 0.717) is 12.8 Å². The smallest absolute Gasteiger partial charge is 0.328 e. The predicted octanol–water partition coefficient (Wildman–Crippen LogP) is -0.677. The molecule has 0 spiro atoms. The molecule has 1 heterocycles. The SMILES string of the molecule is N#Cc1cn(CC2(O)CCC2)c(=O)[nH]c1=O. The van der Waals surface area contributed by atoms with Gasteiger partial charge >= 0.3 is 5.69 Å². The maximum absolute atomic E-state index is 11.4. The molecule has 0 atom stereocenters. The molecule has 1 aliphatic rings. The Balaban J connectivity index is 2.38. The lowest BCUT2D eigenvalue weighted by atomic mass is 9.80. The Morgan fingerprint density at radius 3 is 2.75 bits per heavy atom. The number of hydrogen-bond donors (Lipinski definition) is 2. The van der Waals surface area contributed by atoms with Gasteiger partial charge in [0.1, 0.15) is 11.6 Å². The van der Waals surface area contributed by atoms with Crippen LogP contribution in [0.4, 0.5) is 0 Å². The van der Waals surface area contributed by atoms with Crippen LogP contribution in [0.5, 0.6) is 0 Å². The highest BCUT2D eigenvalue weighted by atomic mass is 16.3. The molecular weight excluding hydrogens is 210 g/mol. The maximum atomic E-state index is 11.4. The normalized spacial score (nSPS) is 17.5. The molecule has 0 amide bonds. The third-order valence-corrected chi connectivity index (χ3v) is 2.88. The average Bonchev–Trinajstić information content (AvgIpc) is 2.19. The van der Waals surface area contributed by atoms with Crippen molar-refractivity contribution in [3.05, 3.63) is 32.6 Å². The van der Waals surface area contributed by atoms with Crippen LogP contribution in [0.3, 0.4) is 0 Å². The van der Waals surface area contributed by atoms with E-state index in [4.69, 9.17) is 5.26 Å². The van der Waals surface area contributed by atoms with E-state index in [0.717, 1.165) is 6.42 Å². The zero-order valence-corrected chi connectivity index (χ0v) is 8.56. The zero-order valence-electron chi connectivity index (χ0n) is 8.56. The molecule has 1 aromatic rings. The number of aromatic amines is 1. The van der Waals surface area contributed by atoms with Crippen LogP contribution < -0.4 is 11.2 Å². The first-order valence-corrected chi connectivity index (χ1v) is 5.00. The van der Waals surface area contributed by atoms with E-state index in [9.17, 15) is 14.7 Å². The lowest BCUT2D eigenvalue weighted by Crippen LogP contribution is -2.45. The summed E-state index contributed by atoms with van der Waals surface area (Å²) in [7, 11) is 0. The molecule has 1 fully saturated rings. The van der Waals surface area contributed by atoms with Crippen LogP contribution in [0.2, 0.25) is 0 Å². The minimum atomic E-state index is -0.866. The largest absolute Gasteiger partial charge is 0.388 e. The third kappa shape index (κ3) is 1.77. The average molecular weight is 221 g/mol. The van der Waals surface area contributed by atoms with Gasteiger partial charge in [0.05, 0.1) is 12.1 Å². The molecule has 2 N–H and O–H groups in total. The van der Waals surface area contributed by atoms with Gasteiger partial charge in [-0.2, -0.15) is 5.26 Å². The second-order valence-corrected chi connectivity index (χ2v) is 4.12. The standard InChI is InChI=1S/C10H11N3O3/c11-4-7-5-13(9(15)12-8(7)14)6-10(16)2-1-3-10/h5,16H,1-3,6H2,(H,12,14,15). The van der Waals surface area contributed by atoms with Crippen LogP contribution in [-0.2, 0) is 6.54 Å². The van der Waals surface area contributed by atoms with E-state index in [1.807, 2.05) is 4.98 Å². The van der Waals surface area contributed by atoms with Gasteiger partial charge in [0, 0.05) is 6.20 Å². The van der Waals surface area contributed by atoms with E-state index in [-0.39, 0.29) is 12.1 Å². The number of rotatable bonds is 2. The number of nitrogens with one attached hydrogen (secondary N) is 1. The number of hydrogen-bond acceptors (Lipinski definition) is 4. The lowest BCUT2D eigenvalue weighted by molar-refractivity contribution is -0.0483. The number of aliphatic hydroxyl groups is 1. The molecule has 0 radical (unpaired) electrons. The molecule has 2 rings (SSSR count). The molecule has 16 heavy (non-hydrogen) atoms. The molecule has 0 saturated heterocycles. The lowest BCUT2D eigenvalue weighted by Gasteiger charge is -2.36. The van der Waals surface area contributed by atoms with Crippen molar-refractivity contribution in [2.45, 2.75) is 31.4 Å². The highest BCUT2D eigenvalue weighted by Crippen LogP contribution is 2.32. The first-order valence-electron chi connectivity index (χ1n) is 5.00. The van der Waals surface area contributed by atoms with Crippen molar-refractivity contribution in [3.8, 4) is 6.07 Å². The van der Waals surface area contributed by atoms with E-state index in [1.165, 1.54) is 10.8 Å². The number of H-pyrrole nitrogens is 1. The maximum Gasteiger partial charge on any atom is 0.328 e. The topological polar surface area (TPSA) is 98.9 Å². The second-order valence-electron chi connectivity index (χ2n) is 4.12. The van der Waals surface area contributed by atoms with Gasteiger partial charge in [0.25, 0.3) is 5.56 Å². The Morgan fingerprint density at radius 1 is 1.56 bits per heavy atom. The number of aromatic nitrogens is 2. The van der Waals surface area contributed by atoms with Crippen molar-refractivity contribution in [2.75, 3.05) is 0 Å². The van der Waals surface area contributed by atoms with Crippen molar-refractivity contribution >= 4 is 0 Å². The molecule has 84 valence electrons. The highest BCUT2D eigenvalue weighted by molar-refractivity contribution is 5.21. The van der Waals surface area contributed by atoms with Crippen molar-refractivity contribution in [3.63, 3.8) is 0 Å². The Morgan fingerprint density at radius 2 is 2.25 bits per heavy atom. The quantitative estimate of drug-likeness (QED) is 0.691. The van der Waals surface area contributed by atoms with Gasteiger partial charge in [-0.25, -0.2) is 4.79 Å². The monoisotopic (exact) mass is 221 g/mol. The van der Waals surface area contributed by atoms with Crippen LogP contribution in [0.15, 0.2) is 15.8 Å². The zero-order chi connectivity index (χ0) is 11.8. The minimum Gasteiger partial charge on any atom is -0.388 e. The van der Waals surface area contributed by atoms with Crippen LogP contribution in [0, 0.1) is 11.3 Å². The summed E-state index contributed by atoms with van der Waals surface area (Å²) < 4.78 is 1.18. The van der Waals surface area contributed by atoms with Gasteiger partial charge in [-0.3, -0.25) is 14.3 Å². The second kappa shape index (κ2) is 3.61. The van der Waals surface area contributed by atoms with E-state index in [2.05, 4.69) is 0 Å². The summed E-state index contributed by atoms with van der Waals surface area (Å²) in [5, 5.41) is 18.5. The molecule has 6 nitrogen and oxygen atoms in total. The Kier molecular flexibility index (Phi) is 2.40. The van der Waals surface area contributed by atoms with Crippen LogP contribution in [-0.4, -0.2) is 20.3 Å². The van der Waals surface area contributed by atoms with Gasteiger partial charge in [-0.05, 0) is 19.3 Å². The fourth-order valence-electron chi connectivity index (χ4n) is 1.77. The van der Waals surface area contributed by atoms with E-state index < -0.39 is 16.9 Å². The minimum absolute atomic E-state index is 0.122. The van der Waals surface area contributed by atoms with Crippen molar-refractivity contribution < 1.29 is 5.11 Å². The summed E-state index contributed by atoms with van der Waals surface area (Å²) in [6.07, 6.45) is 3.40. The Hall–Kier alpha value is -1.87. The molecule has 0 aromatic carbocycles. The summed E-state index contributed by atoms with van der Waals surface area (Å²) in [5.74, 6) is 0. The fourth-order valence-corrected chi connectivity index (χ4v) is 1.77. The van der Waals surface area contributed by atoms with Crippen LogP contribution in [0.1, 0.15) is 24.8 Å². The summed E-state index contributed by atoms with van der Waals surface area (Å²) in [6.45, 7) is 0.122. The third-order valence-electron chi connectivity index (χ3n) is 2.88. The summed E-state index contributed by atoms with van der Waals surface area (Å²) in [5.41, 5.74) is -2.27. The van der Waals surface area contributed by atoms with E-state index >= 15 is 0 Å². The first kappa shape index (κ1) is 10.6. The summed E-state index contributed by atoms with van der Waals surface area (Å²) in [4.78, 5) is 24.6. The fraction of sp³-hybridized carbons (Fsp3) is 0.500. The van der Waals surface area contributed by atoms with Gasteiger partial charge in [-0.1, -0.05) is 0 Å².